The molecule has 11 heavy (non-hydrogen) atoms. The zero-order valence-corrected chi connectivity index (χ0v) is 8.28. The first-order valence-electron chi connectivity index (χ1n) is 3.35. The molecule has 1 aromatic carbocycles. The van der Waals surface area contributed by atoms with Gasteiger partial charge in [0, 0.05) is 17.1 Å². The van der Waals surface area contributed by atoms with Gasteiger partial charge in [0.15, 0.2) is 0 Å². The second kappa shape index (κ2) is 3.57. The molecule has 1 atom stereocenters. The van der Waals surface area contributed by atoms with Crippen LogP contribution in [0, 0.1) is 0 Å². The molecule has 1 saturated heterocycles. The first kappa shape index (κ1) is 9.04. The zero-order chi connectivity index (χ0) is 6.97. The fourth-order valence-corrected chi connectivity index (χ4v) is 1.25. The summed E-state index contributed by atoms with van der Waals surface area (Å²) in [5, 5.41) is 3.25. The molecule has 0 aromatic heterocycles. The number of nitrogens with one attached hydrogen (secondary N) is 1. The van der Waals surface area contributed by atoms with Gasteiger partial charge in [0.25, 0.3) is 0 Å². The summed E-state index contributed by atoms with van der Waals surface area (Å²) >= 11 is 3.39. The topological polar surface area (TPSA) is 21.9 Å². The Hall–Kier alpha value is -0.0500. The van der Waals surface area contributed by atoms with Gasteiger partial charge in [-0.15, -0.1) is 12.4 Å². The second-order valence-electron chi connectivity index (χ2n) is 2.51. The molecule has 0 saturated carbocycles. The van der Waals surface area contributed by atoms with Crippen molar-refractivity contribution in [1.29, 1.82) is 0 Å². The lowest BCUT2D eigenvalue weighted by Gasteiger charge is -1.94. The number of rotatable bonds is 1. The average Bonchev–Trinajstić information content (AvgIpc) is 2.71. The minimum Gasteiger partial charge on any atom is -0.307 e. The molecule has 0 radical (unpaired) electrons. The second-order valence-corrected chi connectivity index (χ2v) is 3.43. The summed E-state index contributed by atoms with van der Waals surface area (Å²) in [7, 11) is 0. The molecule has 0 aliphatic carbocycles. The first-order valence-corrected chi connectivity index (χ1v) is 4.14. The number of hydrogen-bond acceptors (Lipinski definition) is 1. The van der Waals surface area contributed by atoms with Gasteiger partial charge < -0.3 is 5.32 Å². The highest BCUT2D eigenvalue weighted by Crippen LogP contribution is 2.22. The van der Waals surface area contributed by atoms with Gasteiger partial charge in [-0.1, -0.05) is 28.1 Å². The number of hydrogen-bond donors (Lipinski definition) is 1. The van der Waals surface area contributed by atoms with Crippen LogP contribution in [0.5, 0.6) is 0 Å². The van der Waals surface area contributed by atoms with Crippen LogP contribution in [0.25, 0.3) is 0 Å². The van der Waals surface area contributed by atoms with Crippen molar-refractivity contribution in [2.75, 3.05) is 6.54 Å². The largest absolute Gasteiger partial charge is 0.307 e. The molecular weight excluding hydrogens is 225 g/mol. The maximum atomic E-state index is 3.39. The number of halogens is 2. The molecule has 0 amide bonds. The molecule has 1 aliphatic rings. The lowest BCUT2D eigenvalue weighted by atomic mass is 10.2. The van der Waals surface area contributed by atoms with Crippen molar-refractivity contribution in [1.82, 2.24) is 5.32 Å². The van der Waals surface area contributed by atoms with Crippen molar-refractivity contribution in [3.05, 3.63) is 34.3 Å². The lowest BCUT2D eigenvalue weighted by Crippen LogP contribution is -1.81. The number of benzene rings is 1. The van der Waals surface area contributed by atoms with E-state index >= 15 is 0 Å². The molecule has 60 valence electrons. The van der Waals surface area contributed by atoms with Gasteiger partial charge in [0.05, 0.1) is 0 Å². The normalized spacial score (nSPS) is 20.6. The highest BCUT2D eigenvalue weighted by molar-refractivity contribution is 9.10. The Balaban J connectivity index is 0.000000605. The molecule has 0 unspecified atom stereocenters. The van der Waals surface area contributed by atoms with Crippen molar-refractivity contribution in [2.24, 2.45) is 0 Å². The van der Waals surface area contributed by atoms with Crippen molar-refractivity contribution in [2.45, 2.75) is 6.04 Å². The van der Waals surface area contributed by atoms with Gasteiger partial charge in [-0.25, -0.2) is 0 Å². The monoisotopic (exact) mass is 233 g/mol. The zero-order valence-electron chi connectivity index (χ0n) is 5.88. The van der Waals surface area contributed by atoms with Crippen LogP contribution < -0.4 is 5.32 Å². The maximum Gasteiger partial charge on any atom is 0.0447 e. The van der Waals surface area contributed by atoms with Crippen molar-refractivity contribution < 1.29 is 0 Å². The molecule has 1 heterocycles. The Labute approximate surface area is 80.7 Å². The minimum atomic E-state index is 0. The molecular formula is C8H9BrClN. The van der Waals surface area contributed by atoms with Gasteiger partial charge in [0.1, 0.15) is 0 Å². The first-order chi connectivity index (χ1) is 4.86. The van der Waals surface area contributed by atoms with E-state index in [9.17, 15) is 0 Å². The SMILES string of the molecule is Brc1ccc([C@@H]2CN2)cc1.Cl. The highest BCUT2D eigenvalue weighted by Gasteiger charge is 2.21. The van der Waals surface area contributed by atoms with E-state index in [4.69, 9.17) is 0 Å². The van der Waals surface area contributed by atoms with Crippen LogP contribution in [-0.2, 0) is 0 Å². The van der Waals surface area contributed by atoms with Gasteiger partial charge in [-0.05, 0) is 17.7 Å². The van der Waals surface area contributed by atoms with Crippen LogP contribution in [0.15, 0.2) is 28.7 Å². The van der Waals surface area contributed by atoms with Crippen molar-refractivity contribution >= 4 is 28.3 Å². The Morgan fingerprint density at radius 2 is 1.82 bits per heavy atom. The Morgan fingerprint density at radius 1 is 1.27 bits per heavy atom. The van der Waals surface area contributed by atoms with E-state index in [1.165, 1.54) is 5.56 Å². The predicted octanol–water partition coefficient (Wildman–Crippen LogP) is 2.52. The van der Waals surface area contributed by atoms with Crippen molar-refractivity contribution in [3.63, 3.8) is 0 Å². The third kappa shape index (κ3) is 2.19. The molecule has 1 nitrogen and oxygen atoms in total. The molecule has 0 spiro atoms. The smallest absolute Gasteiger partial charge is 0.0447 e. The third-order valence-electron chi connectivity index (χ3n) is 1.68. The van der Waals surface area contributed by atoms with Crippen LogP contribution in [0.1, 0.15) is 11.6 Å². The van der Waals surface area contributed by atoms with Gasteiger partial charge >= 0.3 is 0 Å². The fourth-order valence-electron chi connectivity index (χ4n) is 0.990. The molecule has 1 fully saturated rings. The Bertz CT molecular complexity index is 230. The van der Waals surface area contributed by atoms with Gasteiger partial charge in [0.2, 0.25) is 0 Å². The van der Waals surface area contributed by atoms with Crippen molar-refractivity contribution in [3.8, 4) is 0 Å². The maximum absolute atomic E-state index is 3.39. The molecule has 3 heteroatoms. The summed E-state index contributed by atoms with van der Waals surface area (Å²) in [5.41, 5.74) is 1.39. The molecule has 1 aliphatic heterocycles. The average molecular weight is 235 g/mol. The van der Waals surface area contributed by atoms with E-state index in [0.717, 1.165) is 11.0 Å². The third-order valence-corrected chi connectivity index (χ3v) is 2.21. The lowest BCUT2D eigenvalue weighted by molar-refractivity contribution is 1.08. The molecule has 2 rings (SSSR count). The van der Waals surface area contributed by atoms with Gasteiger partial charge in [-0.2, -0.15) is 0 Å². The summed E-state index contributed by atoms with van der Waals surface area (Å²) in [6.07, 6.45) is 0. The van der Waals surface area contributed by atoms with Crippen LogP contribution in [-0.4, -0.2) is 6.54 Å². The van der Waals surface area contributed by atoms with E-state index < -0.39 is 0 Å². The van der Waals surface area contributed by atoms with Gasteiger partial charge in [-0.3, -0.25) is 0 Å². The standard InChI is InChI=1S/C8H8BrN.ClH/c9-7-3-1-6(2-4-7)8-5-10-8;/h1-4,8,10H,5H2;1H/t8-;/m0./s1. The van der Waals surface area contributed by atoms with Crippen LogP contribution in [0.4, 0.5) is 0 Å². The molecule has 1 aromatic rings. The fraction of sp³-hybridized carbons (Fsp3) is 0.250. The van der Waals surface area contributed by atoms with E-state index in [2.05, 4.69) is 45.5 Å². The summed E-state index contributed by atoms with van der Waals surface area (Å²) in [5.74, 6) is 0. The summed E-state index contributed by atoms with van der Waals surface area (Å²) < 4.78 is 1.15. The summed E-state index contributed by atoms with van der Waals surface area (Å²) in [6, 6.07) is 9.09. The highest BCUT2D eigenvalue weighted by atomic mass is 79.9. The summed E-state index contributed by atoms with van der Waals surface area (Å²) in [6.45, 7) is 1.14. The van der Waals surface area contributed by atoms with Crippen LogP contribution >= 0.6 is 28.3 Å². The van der Waals surface area contributed by atoms with E-state index in [1.54, 1.807) is 0 Å². The predicted molar refractivity (Wildman–Crippen MR) is 52.1 cm³/mol. The van der Waals surface area contributed by atoms with E-state index in [-0.39, 0.29) is 12.4 Å². The van der Waals surface area contributed by atoms with Crippen LogP contribution in [0.2, 0.25) is 0 Å². The minimum absolute atomic E-state index is 0. The Morgan fingerprint density at radius 3 is 2.27 bits per heavy atom. The van der Waals surface area contributed by atoms with E-state index in [0.29, 0.717) is 6.04 Å². The van der Waals surface area contributed by atoms with Crippen LogP contribution in [0.3, 0.4) is 0 Å². The quantitative estimate of drug-likeness (QED) is 0.741. The summed E-state index contributed by atoms with van der Waals surface area (Å²) in [4.78, 5) is 0. The van der Waals surface area contributed by atoms with E-state index in [1.807, 2.05) is 0 Å². The molecule has 0 bridgehead atoms. The Kier molecular flexibility index (Phi) is 2.93. The molecule has 1 N–H and O–H groups in total.